The van der Waals surface area contributed by atoms with Gasteiger partial charge >= 0.3 is 0 Å². The highest BCUT2D eigenvalue weighted by molar-refractivity contribution is 9.10. The second-order valence-electron chi connectivity index (χ2n) is 4.91. The Bertz CT molecular complexity index is 848. The van der Waals surface area contributed by atoms with E-state index < -0.39 is 0 Å². The monoisotopic (exact) mass is 389 g/mol. The molecular weight excluding hydrogens is 377 g/mol. The van der Waals surface area contributed by atoms with Gasteiger partial charge in [0.15, 0.2) is 5.69 Å². The maximum Gasteiger partial charge on any atom is 0.281 e. The Balaban J connectivity index is 1.86. The van der Waals surface area contributed by atoms with E-state index >= 15 is 0 Å². The third-order valence-electron chi connectivity index (χ3n) is 3.35. The lowest BCUT2D eigenvalue weighted by Gasteiger charge is -2.18. The fourth-order valence-corrected chi connectivity index (χ4v) is 2.39. The van der Waals surface area contributed by atoms with Gasteiger partial charge in [-0.05, 0) is 59.3 Å². The molecule has 3 rings (SSSR count). The van der Waals surface area contributed by atoms with E-state index in [1.54, 1.807) is 24.4 Å². The predicted octanol–water partition coefficient (Wildman–Crippen LogP) is 3.23. The summed E-state index contributed by atoms with van der Waals surface area (Å²) in [4.78, 5) is 18.4. The van der Waals surface area contributed by atoms with Crippen molar-refractivity contribution in [2.45, 2.75) is 6.92 Å². The lowest BCUT2D eigenvalue weighted by molar-refractivity contribution is 0.0982. The zero-order valence-corrected chi connectivity index (χ0v) is 14.3. The highest BCUT2D eigenvalue weighted by atomic mass is 79.9. The van der Waals surface area contributed by atoms with Crippen molar-refractivity contribution in [2.75, 3.05) is 11.4 Å². The van der Waals surface area contributed by atoms with Crippen LogP contribution in [0.15, 0.2) is 53.3 Å². The summed E-state index contributed by atoms with van der Waals surface area (Å²) in [6.45, 7) is 2.29. The van der Waals surface area contributed by atoms with E-state index in [0.717, 1.165) is 4.47 Å². The van der Waals surface area contributed by atoms with Gasteiger partial charge in [0.25, 0.3) is 5.91 Å². The average molecular weight is 390 g/mol. The first-order valence-corrected chi connectivity index (χ1v) is 7.99. The number of aromatic nitrogens is 4. The lowest BCUT2D eigenvalue weighted by atomic mass is 10.3. The first kappa shape index (κ1) is 16.3. The van der Waals surface area contributed by atoms with Crippen molar-refractivity contribution >= 4 is 27.7 Å². The van der Waals surface area contributed by atoms with E-state index in [1.807, 2.05) is 13.0 Å². The number of hydrogen-bond donors (Lipinski definition) is 0. The first-order chi connectivity index (χ1) is 11.6. The van der Waals surface area contributed by atoms with Crippen LogP contribution in [-0.4, -0.2) is 32.4 Å². The molecule has 0 fully saturated rings. The Hall–Kier alpha value is -2.61. The van der Waals surface area contributed by atoms with E-state index in [9.17, 15) is 9.18 Å². The number of nitrogens with zero attached hydrogens (tertiary/aromatic N) is 5. The van der Waals surface area contributed by atoms with Crippen LogP contribution in [0.4, 0.5) is 10.2 Å². The molecule has 0 saturated heterocycles. The average Bonchev–Trinajstić information content (AvgIpc) is 3.08. The summed E-state index contributed by atoms with van der Waals surface area (Å²) in [7, 11) is 0. The molecule has 0 aliphatic heterocycles. The van der Waals surface area contributed by atoms with Crippen molar-refractivity contribution in [1.82, 2.24) is 20.0 Å². The zero-order chi connectivity index (χ0) is 17.1. The molecule has 122 valence electrons. The van der Waals surface area contributed by atoms with Gasteiger partial charge in [-0.3, -0.25) is 9.69 Å². The molecule has 0 radical (unpaired) electrons. The third-order valence-corrected chi connectivity index (χ3v) is 3.82. The van der Waals surface area contributed by atoms with Gasteiger partial charge in [0, 0.05) is 17.2 Å². The fraction of sp³-hybridized carbons (Fsp3) is 0.125. The molecule has 0 aliphatic rings. The second kappa shape index (κ2) is 6.88. The minimum atomic E-state index is -0.339. The number of amides is 1. The smallest absolute Gasteiger partial charge is 0.281 e. The fourth-order valence-electron chi connectivity index (χ4n) is 2.16. The molecule has 0 saturated carbocycles. The summed E-state index contributed by atoms with van der Waals surface area (Å²) in [6, 6.07) is 9.33. The van der Waals surface area contributed by atoms with Gasteiger partial charge in [0.05, 0.1) is 11.9 Å². The zero-order valence-electron chi connectivity index (χ0n) is 12.7. The number of anilines is 1. The Morgan fingerprint density at radius 2 is 2.00 bits per heavy atom. The van der Waals surface area contributed by atoms with Gasteiger partial charge in [-0.15, -0.1) is 5.10 Å². The number of benzene rings is 1. The first-order valence-electron chi connectivity index (χ1n) is 7.20. The van der Waals surface area contributed by atoms with Crippen molar-refractivity contribution in [3.05, 3.63) is 64.8 Å². The summed E-state index contributed by atoms with van der Waals surface area (Å²) in [6.07, 6.45) is 3.14. The van der Waals surface area contributed by atoms with Crippen LogP contribution in [0.3, 0.4) is 0 Å². The van der Waals surface area contributed by atoms with Gasteiger partial charge in [-0.2, -0.15) is 0 Å². The molecule has 2 heterocycles. The standard InChI is InChI=1S/C16H13BrFN5O/c1-2-22(15-8-3-11(17)9-19-15)16(24)14-10-23(21-20-14)13-6-4-12(18)5-7-13/h3-10H,2H2,1H3. The molecule has 1 amide bonds. The molecule has 1 aromatic carbocycles. The van der Waals surface area contributed by atoms with Gasteiger partial charge in [0.1, 0.15) is 11.6 Å². The Labute approximate surface area is 146 Å². The van der Waals surface area contributed by atoms with E-state index in [1.165, 1.54) is 27.9 Å². The normalized spacial score (nSPS) is 10.6. The molecule has 0 atom stereocenters. The van der Waals surface area contributed by atoms with Crippen LogP contribution in [0.1, 0.15) is 17.4 Å². The number of pyridine rings is 1. The van der Waals surface area contributed by atoms with Crippen LogP contribution < -0.4 is 4.90 Å². The second-order valence-corrected chi connectivity index (χ2v) is 5.82. The maximum absolute atomic E-state index is 13.0. The quantitative estimate of drug-likeness (QED) is 0.686. The molecule has 0 unspecified atom stereocenters. The summed E-state index contributed by atoms with van der Waals surface area (Å²) in [5, 5.41) is 7.85. The van der Waals surface area contributed by atoms with Crippen molar-refractivity contribution < 1.29 is 9.18 Å². The van der Waals surface area contributed by atoms with E-state index in [-0.39, 0.29) is 17.4 Å². The molecule has 0 spiro atoms. The van der Waals surface area contributed by atoms with Gasteiger partial charge in [0.2, 0.25) is 0 Å². The van der Waals surface area contributed by atoms with Crippen LogP contribution in [0.5, 0.6) is 0 Å². The number of hydrogen-bond acceptors (Lipinski definition) is 4. The number of halogens is 2. The van der Waals surface area contributed by atoms with E-state index in [4.69, 9.17) is 0 Å². The SMILES string of the molecule is CCN(C(=O)c1cn(-c2ccc(F)cc2)nn1)c1ccc(Br)cn1. The predicted molar refractivity (Wildman–Crippen MR) is 90.6 cm³/mol. The highest BCUT2D eigenvalue weighted by Gasteiger charge is 2.20. The Morgan fingerprint density at radius 3 is 2.62 bits per heavy atom. The van der Waals surface area contributed by atoms with Gasteiger partial charge in [-0.25, -0.2) is 14.1 Å². The summed E-state index contributed by atoms with van der Waals surface area (Å²) in [5.74, 6) is -0.114. The molecule has 0 bridgehead atoms. The molecule has 3 aromatic rings. The van der Waals surface area contributed by atoms with Crippen molar-refractivity contribution in [3.63, 3.8) is 0 Å². The minimum absolute atomic E-state index is 0.186. The summed E-state index contributed by atoms with van der Waals surface area (Å²) >= 11 is 3.31. The van der Waals surface area contributed by atoms with Crippen LogP contribution >= 0.6 is 15.9 Å². The lowest BCUT2D eigenvalue weighted by Crippen LogP contribution is -2.31. The van der Waals surface area contributed by atoms with Crippen molar-refractivity contribution in [3.8, 4) is 5.69 Å². The van der Waals surface area contributed by atoms with Gasteiger partial charge < -0.3 is 0 Å². The molecule has 6 nitrogen and oxygen atoms in total. The van der Waals surface area contributed by atoms with Crippen molar-refractivity contribution in [2.24, 2.45) is 0 Å². The number of carbonyl (C=O) groups excluding carboxylic acids is 1. The topological polar surface area (TPSA) is 63.9 Å². The Morgan fingerprint density at radius 1 is 1.25 bits per heavy atom. The van der Waals surface area contributed by atoms with Crippen molar-refractivity contribution in [1.29, 1.82) is 0 Å². The molecule has 24 heavy (non-hydrogen) atoms. The summed E-state index contributed by atoms with van der Waals surface area (Å²) in [5.41, 5.74) is 0.804. The van der Waals surface area contributed by atoms with Crippen LogP contribution in [0, 0.1) is 5.82 Å². The van der Waals surface area contributed by atoms with E-state index in [2.05, 4.69) is 31.2 Å². The van der Waals surface area contributed by atoms with Gasteiger partial charge in [-0.1, -0.05) is 5.21 Å². The highest BCUT2D eigenvalue weighted by Crippen LogP contribution is 2.17. The van der Waals surface area contributed by atoms with Crippen LogP contribution in [0.25, 0.3) is 5.69 Å². The molecule has 2 aromatic heterocycles. The molecule has 8 heteroatoms. The number of carbonyl (C=O) groups is 1. The maximum atomic E-state index is 13.0. The summed E-state index contributed by atoms with van der Waals surface area (Å²) < 4.78 is 15.2. The van der Waals surface area contributed by atoms with Crippen LogP contribution in [0.2, 0.25) is 0 Å². The number of rotatable bonds is 4. The largest absolute Gasteiger partial charge is 0.292 e. The Kier molecular flexibility index (Phi) is 4.66. The van der Waals surface area contributed by atoms with E-state index in [0.29, 0.717) is 18.1 Å². The van der Waals surface area contributed by atoms with Crippen LogP contribution in [-0.2, 0) is 0 Å². The molecular formula is C16H13BrFN5O. The minimum Gasteiger partial charge on any atom is -0.292 e. The molecule has 0 aliphatic carbocycles. The third kappa shape index (κ3) is 3.33. The molecule has 0 N–H and O–H groups in total.